The van der Waals surface area contributed by atoms with Crippen LogP contribution in [0, 0.1) is 5.82 Å². The predicted molar refractivity (Wildman–Crippen MR) is 46.9 cm³/mol. The first-order valence-electron chi connectivity index (χ1n) is 3.94. The largest absolute Gasteiger partial charge is 0.480 e. The van der Waals surface area contributed by atoms with E-state index in [1.807, 2.05) is 0 Å². The monoisotopic (exact) mass is 199 g/mol. The molecule has 1 rings (SSSR count). The molecular weight excluding hydrogens is 189 g/mol. The molecule has 1 aromatic carbocycles. The molecule has 0 heterocycles. The van der Waals surface area contributed by atoms with Crippen LogP contribution in [0.3, 0.4) is 0 Å². The molecule has 1 aromatic rings. The first-order chi connectivity index (χ1) is 6.56. The molecule has 14 heavy (non-hydrogen) atoms. The van der Waals surface area contributed by atoms with Crippen molar-refractivity contribution < 1.29 is 19.4 Å². The lowest BCUT2D eigenvalue weighted by atomic mass is 10.1. The Bertz CT molecular complexity index is 354. The number of halogens is 1. The third kappa shape index (κ3) is 2.07. The second-order valence-corrected chi connectivity index (χ2v) is 2.83. The zero-order valence-corrected chi connectivity index (χ0v) is 7.27. The van der Waals surface area contributed by atoms with Crippen molar-refractivity contribution in [1.82, 2.24) is 0 Å². The number of aliphatic carboxylic acids is 1. The van der Waals surface area contributed by atoms with Crippen LogP contribution in [0.25, 0.3) is 0 Å². The second kappa shape index (κ2) is 4.17. The molecule has 0 amide bonds. The zero-order valence-electron chi connectivity index (χ0n) is 7.27. The van der Waals surface area contributed by atoms with Crippen LogP contribution in [0.4, 0.5) is 4.39 Å². The Morgan fingerprint density at radius 1 is 1.57 bits per heavy atom. The fourth-order valence-corrected chi connectivity index (χ4v) is 1.05. The van der Waals surface area contributed by atoms with Gasteiger partial charge in [-0.1, -0.05) is 12.1 Å². The summed E-state index contributed by atoms with van der Waals surface area (Å²) in [7, 11) is 0. The van der Waals surface area contributed by atoms with Gasteiger partial charge in [0.2, 0.25) is 0 Å². The molecule has 4 nitrogen and oxygen atoms in total. The topological polar surface area (TPSA) is 83.6 Å². The van der Waals surface area contributed by atoms with E-state index in [1.165, 1.54) is 12.1 Å². The van der Waals surface area contributed by atoms with Gasteiger partial charge in [-0.3, -0.25) is 4.79 Å². The van der Waals surface area contributed by atoms with Crippen molar-refractivity contribution in [3.63, 3.8) is 0 Å². The molecule has 0 aliphatic heterocycles. The van der Waals surface area contributed by atoms with E-state index in [0.717, 1.165) is 6.07 Å². The first kappa shape index (κ1) is 10.6. The summed E-state index contributed by atoms with van der Waals surface area (Å²) >= 11 is 0. The Morgan fingerprint density at radius 3 is 2.64 bits per heavy atom. The Balaban J connectivity index is 3.05. The first-order valence-corrected chi connectivity index (χ1v) is 3.94. The number of rotatable bonds is 3. The quantitative estimate of drug-likeness (QED) is 0.658. The van der Waals surface area contributed by atoms with Gasteiger partial charge in [-0.15, -0.1) is 0 Å². The molecule has 0 saturated heterocycles. The summed E-state index contributed by atoms with van der Waals surface area (Å²) in [5.74, 6) is -2.01. The van der Waals surface area contributed by atoms with Crippen LogP contribution in [-0.2, 0) is 11.4 Å². The van der Waals surface area contributed by atoms with Crippen molar-refractivity contribution in [3.8, 4) is 0 Å². The molecule has 1 unspecified atom stereocenters. The zero-order chi connectivity index (χ0) is 10.7. The summed E-state index contributed by atoms with van der Waals surface area (Å²) < 4.78 is 13.2. The van der Waals surface area contributed by atoms with Crippen LogP contribution < -0.4 is 5.73 Å². The smallest absolute Gasteiger partial charge is 0.325 e. The number of carboxylic acids is 1. The molecule has 0 aliphatic rings. The number of nitrogens with two attached hydrogens (primary N) is 1. The standard InChI is InChI=1S/C9H10FNO3/c10-7-3-5(4-12)1-2-6(7)8(11)9(13)14/h1-3,8,12H,4,11H2,(H,13,14). The minimum atomic E-state index is -1.37. The third-order valence-electron chi connectivity index (χ3n) is 1.85. The molecule has 0 aliphatic carbocycles. The average Bonchev–Trinajstić information content (AvgIpc) is 2.16. The van der Waals surface area contributed by atoms with E-state index in [2.05, 4.69) is 0 Å². The van der Waals surface area contributed by atoms with E-state index >= 15 is 0 Å². The maximum atomic E-state index is 13.2. The Morgan fingerprint density at radius 2 is 2.21 bits per heavy atom. The number of carbonyl (C=O) groups is 1. The molecule has 0 fully saturated rings. The van der Waals surface area contributed by atoms with Gasteiger partial charge < -0.3 is 15.9 Å². The lowest BCUT2D eigenvalue weighted by molar-refractivity contribution is -0.138. The highest BCUT2D eigenvalue weighted by Crippen LogP contribution is 2.16. The van der Waals surface area contributed by atoms with E-state index in [-0.39, 0.29) is 12.2 Å². The number of carboxylic acid groups (broad SMARTS) is 1. The van der Waals surface area contributed by atoms with E-state index < -0.39 is 17.8 Å². The SMILES string of the molecule is NC(C(=O)O)c1ccc(CO)cc1F. The molecule has 4 N–H and O–H groups in total. The minimum Gasteiger partial charge on any atom is -0.480 e. The lowest BCUT2D eigenvalue weighted by Gasteiger charge is -2.08. The van der Waals surface area contributed by atoms with Gasteiger partial charge in [-0.2, -0.15) is 0 Å². The molecule has 0 aromatic heterocycles. The van der Waals surface area contributed by atoms with Crippen molar-refractivity contribution in [2.24, 2.45) is 5.73 Å². The van der Waals surface area contributed by atoms with E-state index in [1.54, 1.807) is 0 Å². The Hall–Kier alpha value is -1.46. The molecule has 0 saturated carbocycles. The van der Waals surface area contributed by atoms with Gasteiger partial charge in [-0.25, -0.2) is 4.39 Å². The van der Waals surface area contributed by atoms with Crippen LogP contribution >= 0.6 is 0 Å². The van der Waals surface area contributed by atoms with Gasteiger partial charge in [0.05, 0.1) is 6.61 Å². The van der Waals surface area contributed by atoms with Crippen LogP contribution in [0.5, 0.6) is 0 Å². The van der Waals surface area contributed by atoms with Crippen molar-refractivity contribution in [1.29, 1.82) is 0 Å². The highest BCUT2D eigenvalue weighted by molar-refractivity contribution is 5.75. The van der Waals surface area contributed by atoms with Gasteiger partial charge in [0.25, 0.3) is 0 Å². The molecule has 0 radical (unpaired) electrons. The van der Waals surface area contributed by atoms with Crippen molar-refractivity contribution in [2.75, 3.05) is 0 Å². The summed E-state index contributed by atoms with van der Waals surface area (Å²) in [6.07, 6.45) is 0. The van der Waals surface area contributed by atoms with Crippen LogP contribution in [0.15, 0.2) is 18.2 Å². The van der Waals surface area contributed by atoms with E-state index in [0.29, 0.717) is 5.56 Å². The Kier molecular flexibility index (Phi) is 3.16. The number of aliphatic hydroxyl groups excluding tert-OH is 1. The number of aliphatic hydroxyl groups is 1. The molecule has 0 bridgehead atoms. The van der Waals surface area contributed by atoms with Gasteiger partial charge in [0.1, 0.15) is 11.9 Å². The summed E-state index contributed by atoms with van der Waals surface area (Å²) in [5.41, 5.74) is 5.52. The molecule has 1 atom stereocenters. The summed E-state index contributed by atoms with van der Waals surface area (Å²) in [5, 5.41) is 17.2. The van der Waals surface area contributed by atoms with E-state index in [9.17, 15) is 9.18 Å². The highest BCUT2D eigenvalue weighted by Gasteiger charge is 2.18. The highest BCUT2D eigenvalue weighted by atomic mass is 19.1. The third-order valence-corrected chi connectivity index (χ3v) is 1.85. The fraction of sp³-hybridized carbons (Fsp3) is 0.222. The van der Waals surface area contributed by atoms with Crippen LogP contribution in [-0.4, -0.2) is 16.2 Å². The summed E-state index contributed by atoms with van der Waals surface area (Å²) in [6.45, 7) is -0.292. The maximum absolute atomic E-state index is 13.2. The minimum absolute atomic E-state index is 0.0882. The summed E-state index contributed by atoms with van der Waals surface area (Å²) in [6, 6.07) is 2.39. The van der Waals surface area contributed by atoms with Crippen LogP contribution in [0.2, 0.25) is 0 Å². The van der Waals surface area contributed by atoms with Crippen molar-refractivity contribution in [3.05, 3.63) is 35.1 Å². The van der Waals surface area contributed by atoms with Gasteiger partial charge in [0.15, 0.2) is 0 Å². The predicted octanol–water partition coefficient (Wildman–Crippen LogP) is 0.402. The Labute approximate surface area is 79.8 Å². The fourth-order valence-electron chi connectivity index (χ4n) is 1.05. The normalized spacial score (nSPS) is 12.5. The number of benzene rings is 1. The average molecular weight is 199 g/mol. The molecular formula is C9H10FNO3. The molecule has 5 heteroatoms. The second-order valence-electron chi connectivity index (χ2n) is 2.83. The van der Waals surface area contributed by atoms with Crippen molar-refractivity contribution in [2.45, 2.75) is 12.6 Å². The van der Waals surface area contributed by atoms with Crippen LogP contribution in [0.1, 0.15) is 17.2 Å². The van der Waals surface area contributed by atoms with Gasteiger partial charge >= 0.3 is 5.97 Å². The molecule has 0 spiro atoms. The van der Waals surface area contributed by atoms with Crippen molar-refractivity contribution >= 4 is 5.97 Å². The maximum Gasteiger partial charge on any atom is 0.325 e. The number of hydrogen-bond donors (Lipinski definition) is 3. The number of hydrogen-bond acceptors (Lipinski definition) is 3. The van der Waals surface area contributed by atoms with Gasteiger partial charge in [-0.05, 0) is 11.6 Å². The molecule has 76 valence electrons. The summed E-state index contributed by atoms with van der Waals surface area (Å²) in [4.78, 5) is 10.5. The van der Waals surface area contributed by atoms with E-state index in [4.69, 9.17) is 15.9 Å². The lowest BCUT2D eigenvalue weighted by Crippen LogP contribution is -2.21. The van der Waals surface area contributed by atoms with Gasteiger partial charge in [0, 0.05) is 5.56 Å².